The number of ether oxygens (including phenoxy) is 2. The van der Waals surface area contributed by atoms with Crippen molar-refractivity contribution in [3.05, 3.63) is 89.1 Å². The molecule has 5 rings (SSSR count). The molecule has 0 saturated carbocycles. The number of hydrogen-bond donors (Lipinski definition) is 3. The van der Waals surface area contributed by atoms with Crippen molar-refractivity contribution in [2.45, 2.75) is 17.2 Å². The minimum absolute atomic E-state index is 0.0674. The number of primary amides is 1. The largest absolute Gasteiger partial charge is 0.481 e. The zero-order valence-corrected chi connectivity index (χ0v) is 20.6. The fourth-order valence-electron chi connectivity index (χ4n) is 4.38. The fourth-order valence-corrected chi connectivity index (χ4v) is 4.99. The summed E-state index contributed by atoms with van der Waals surface area (Å²) in [5.74, 6) is -1.21. The predicted octanol–water partition coefficient (Wildman–Crippen LogP) is 3.59. The quantitative estimate of drug-likeness (QED) is 0.304. The van der Waals surface area contributed by atoms with Crippen LogP contribution in [-0.4, -0.2) is 34.3 Å². The average Bonchev–Trinajstić information content (AvgIpc) is 3.47. The van der Waals surface area contributed by atoms with E-state index in [1.165, 1.54) is 0 Å². The number of aromatic nitrogens is 1. The number of carbonyl (C=O) groups is 3. The van der Waals surface area contributed by atoms with Crippen LogP contribution in [0.1, 0.15) is 33.0 Å². The summed E-state index contributed by atoms with van der Waals surface area (Å²) in [6, 6.07) is 17.5. The molecule has 1 aliphatic rings. The SMILES string of the molecule is Cn1cc(C(C(=O)NSc2ccc(CC(=O)O)cc2)c2ccc3c(c2)OCO3)c2ccc(C(N)=O)cc21. The number of aryl methyl sites for hydroxylation is 1. The number of nitrogens with two attached hydrogens (primary N) is 1. The van der Waals surface area contributed by atoms with E-state index >= 15 is 0 Å². The van der Waals surface area contributed by atoms with Crippen molar-refractivity contribution in [3.8, 4) is 11.5 Å². The summed E-state index contributed by atoms with van der Waals surface area (Å²) in [6.07, 6.45) is 1.80. The van der Waals surface area contributed by atoms with Crippen LogP contribution in [0.25, 0.3) is 10.9 Å². The van der Waals surface area contributed by atoms with E-state index in [1.54, 1.807) is 54.6 Å². The summed E-state index contributed by atoms with van der Waals surface area (Å²) in [6.45, 7) is 0.119. The number of benzene rings is 3. The van der Waals surface area contributed by atoms with E-state index < -0.39 is 17.8 Å². The topological polar surface area (TPSA) is 133 Å². The lowest BCUT2D eigenvalue weighted by atomic mass is 9.90. The van der Waals surface area contributed by atoms with Gasteiger partial charge in [-0.1, -0.05) is 24.3 Å². The third-order valence-corrected chi connectivity index (χ3v) is 6.97. The molecule has 9 nitrogen and oxygen atoms in total. The van der Waals surface area contributed by atoms with Gasteiger partial charge in [0.05, 0.1) is 12.3 Å². The molecule has 2 heterocycles. The van der Waals surface area contributed by atoms with E-state index in [0.717, 1.165) is 33.3 Å². The normalized spacial score (nSPS) is 12.9. The summed E-state index contributed by atoms with van der Waals surface area (Å²) < 4.78 is 15.8. The lowest BCUT2D eigenvalue weighted by molar-refractivity contribution is -0.136. The van der Waals surface area contributed by atoms with Gasteiger partial charge in [-0.2, -0.15) is 0 Å². The molecule has 188 valence electrons. The summed E-state index contributed by atoms with van der Waals surface area (Å²) in [7, 11) is 1.85. The van der Waals surface area contributed by atoms with Gasteiger partial charge in [0.2, 0.25) is 18.6 Å². The van der Waals surface area contributed by atoms with E-state index in [9.17, 15) is 14.4 Å². The Balaban J connectivity index is 1.49. The van der Waals surface area contributed by atoms with Crippen LogP contribution < -0.4 is 19.9 Å². The minimum atomic E-state index is -0.904. The van der Waals surface area contributed by atoms with Gasteiger partial charge in [-0.15, -0.1) is 0 Å². The monoisotopic (exact) mass is 517 g/mol. The molecule has 0 fully saturated rings. The van der Waals surface area contributed by atoms with Crippen LogP contribution in [0.15, 0.2) is 71.8 Å². The van der Waals surface area contributed by atoms with Crippen molar-refractivity contribution < 1.29 is 29.0 Å². The number of fused-ring (bicyclic) bond motifs is 2. The summed E-state index contributed by atoms with van der Waals surface area (Å²) in [5, 5.41) is 9.78. The lowest BCUT2D eigenvalue weighted by Crippen LogP contribution is -2.25. The zero-order valence-electron chi connectivity index (χ0n) is 19.8. The molecule has 1 unspecified atom stereocenters. The first kappa shape index (κ1) is 24.3. The molecule has 1 atom stereocenters. The highest BCUT2D eigenvalue weighted by Gasteiger charge is 2.29. The van der Waals surface area contributed by atoms with Crippen molar-refractivity contribution in [1.29, 1.82) is 0 Å². The molecular weight excluding hydrogens is 494 g/mol. The number of carbonyl (C=O) groups excluding carboxylic acids is 2. The molecule has 2 amide bonds. The molecule has 3 aromatic carbocycles. The van der Waals surface area contributed by atoms with Crippen LogP contribution in [0.2, 0.25) is 0 Å². The maximum Gasteiger partial charge on any atom is 0.307 e. The van der Waals surface area contributed by atoms with Crippen molar-refractivity contribution in [2.75, 3.05) is 6.79 Å². The summed E-state index contributed by atoms with van der Waals surface area (Å²) >= 11 is 1.15. The number of nitrogens with one attached hydrogen (secondary N) is 1. The maximum atomic E-state index is 13.7. The van der Waals surface area contributed by atoms with Crippen LogP contribution in [-0.2, 0) is 23.1 Å². The molecule has 4 aromatic rings. The molecule has 10 heteroatoms. The maximum absolute atomic E-state index is 13.7. The van der Waals surface area contributed by atoms with Crippen LogP contribution in [0.3, 0.4) is 0 Å². The van der Waals surface area contributed by atoms with Crippen LogP contribution >= 0.6 is 11.9 Å². The van der Waals surface area contributed by atoms with E-state index in [4.69, 9.17) is 20.3 Å². The zero-order chi connectivity index (χ0) is 26.1. The van der Waals surface area contributed by atoms with E-state index in [2.05, 4.69) is 4.72 Å². The van der Waals surface area contributed by atoms with Gasteiger partial charge in [-0.3, -0.25) is 19.1 Å². The summed E-state index contributed by atoms with van der Waals surface area (Å²) in [4.78, 5) is 37.1. The van der Waals surface area contributed by atoms with Gasteiger partial charge in [0.15, 0.2) is 11.5 Å². The Labute approximate surface area is 216 Å². The molecule has 0 radical (unpaired) electrons. The van der Waals surface area contributed by atoms with Crippen LogP contribution in [0, 0.1) is 0 Å². The molecule has 0 aliphatic carbocycles. The highest BCUT2D eigenvalue weighted by atomic mass is 32.2. The van der Waals surface area contributed by atoms with Crippen molar-refractivity contribution in [1.82, 2.24) is 9.29 Å². The van der Waals surface area contributed by atoms with Gasteiger partial charge >= 0.3 is 5.97 Å². The average molecular weight is 518 g/mol. The molecule has 0 bridgehead atoms. The first-order valence-corrected chi connectivity index (χ1v) is 12.2. The Hall–Kier alpha value is -4.44. The van der Waals surface area contributed by atoms with Crippen molar-refractivity contribution in [3.63, 3.8) is 0 Å². The third-order valence-electron chi connectivity index (χ3n) is 6.16. The number of rotatable bonds is 8. The number of hydrogen-bond acceptors (Lipinski definition) is 6. The van der Waals surface area contributed by atoms with Gasteiger partial charge in [0.25, 0.3) is 0 Å². The molecule has 1 aliphatic heterocycles. The Bertz CT molecular complexity index is 1530. The van der Waals surface area contributed by atoms with Crippen molar-refractivity contribution >= 4 is 40.6 Å². The summed E-state index contributed by atoms with van der Waals surface area (Å²) in [5.41, 5.74) is 8.76. The number of nitrogens with zero attached hydrogens (tertiary/aromatic N) is 1. The Morgan fingerprint density at radius 3 is 2.54 bits per heavy atom. The highest BCUT2D eigenvalue weighted by molar-refractivity contribution is 7.98. The second-order valence-electron chi connectivity index (χ2n) is 8.62. The van der Waals surface area contributed by atoms with Gasteiger partial charge in [-0.25, -0.2) is 0 Å². The molecule has 1 aromatic heterocycles. The van der Waals surface area contributed by atoms with Gasteiger partial charge in [-0.05, 0) is 65.0 Å². The third kappa shape index (κ3) is 4.96. The van der Waals surface area contributed by atoms with Gasteiger partial charge in [0.1, 0.15) is 0 Å². The predicted molar refractivity (Wildman–Crippen MR) is 138 cm³/mol. The first-order valence-electron chi connectivity index (χ1n) is 11.4. The fraction of sp³-hybridized carbons (Fsp3) is 0.148. The highest BCUT2D eigenvalue weighted by Crippen LogP contribution is 2.39. The van der Waals surface area contributed by atoms with E-state index in [-0.39, 0.29) is 19.1 Å². The smallest absolute Gasteiger partial charge is 0.307 e. The number of carboxylic acid groups (broad SMARTS) is 1. The molecule has 37 heavy (non-hydrogen) atoms. The van der Waals surface area contributed by atoms with E-state index in [0.29, 0.717) is 28.2 Å². The second-order valence-corrected chi connectivity index (χ2v) is 9.50. The molecule has 4 N–H and O–H groups in total. The molecular formula is C27H23N3O6S. The number of amides is 2. The molecule has 0 saturated heterocycles. The van der Waals surface area contributed by atoms with E-state index in [1.807, 2.05) is 23.9 Å². The Morgan fingerprint density at radius 2 is 1.81 bits per heavy atom. The number of aliphatic carboxylic acids is 1. The minimum Gasteiger partial charge on any atom is -0.481 e. The Morgan fingerprint density at radius 1 is 1.05 bits per heavy atom. The Kier molecular flexibility index (Phi) is 6.49. The standard InChI is InChI=1S/C27H23N3O6S/c1-30-13-20(19-8-4-17(26(28)33)11-21(19)30)25(16-5-9-22-23(12-16)36-14-35-22)27(34)29-37-18-6-2-15(3-7-18)10-24(31)32/h2-9,11-13,25H,10,14H2,1H3,(H2,28,33)(H,29,34)(H,31,32). The van der Waals surface area contributed by atoms with Crippen LogP contribution in [0.5, 0.6) is 11.5 Å². The van der Waals surface area contributed by atoms with Crippen molar-refractivity contribution in [2.24, 2.45) is 12.8 Å². The lowest BCUT2D eigenvalue weighted by Gasteiger charge is -2.17. The first-order chi connectivity index (χ1) is 17.8. The second kappa shape index (κ2) is 9.90. The van der Waals surface area contributed by atoms with Gasteiger partial charge in [0, 0.05) is 34.6 Å². The van der Waals surface area contributed by atoms with Gasteiger partial charge < -0.3 is 24.9 Å². The molecule has 0 spiro atoms. The van der Waals surface area contributed by atoms with Crippen LogP contribution in [0.4, 0.5) is 0 Å². The number of carboxylic acids is 1.